The smallest absolute Gasteiger partial charge is 0.191 e. The van der Waals surface area contributed by atoms with Gasteiger partial charge in [-0.15, -0.1) is 0 Å². The third-order valence-electron chi connectivity index (χ3n) is 3.99. The highest BCUT2D eigenvalue weighted by Gasteiger charge is 2.48. The molecular weight excluding hydrogens is 216 g/mol. The molecule has 5 heteroatoms. The molecule has 17 heavy (non-hydrogen) atoms. The van der Waals surface area contributed by atoms with Crippen LogP contribution >= 0.6 is 0 Å². The molecule has 2 aliphatic heterocycles. The summed E-state index contributed by atoms with van der Waals surface area (Å²) >= 11 is 0. The number of hydrogen-bond acceptors (Lipinski definition) is 5. The molecule has 3 aliphatic rings. The summed E-state index contributed by atoms with van der Waals surface area (Å²) in [6.45, 7) is 6.99. The zero-order chi connectivity index (χ0) is 11.6. The van der Waals surface area contributed by atoms with Crippen molar-refractivity contribution in [2.24, 2.45) is 4.99 Å². The van der Waals surface area contributed by atoms with Crippen LogP contribution in [-0.4, -0.2) is 62.3 Å². The summed E-state index contributed by atoms with van der Waals surface area (Å²) in [7, 11) is 0. The van der Waals surface area contributed by atoms with Crippen molar-refractivity contribution in [1.82, 2.24) is 15.5 Å². The van der Waals surface area contributed by atoms with Crippen LogP contribution in [-0.2, 0) is 4.74 Å². The van der Waals surface area contributed by atoms with Crippen LogP contribution in [0.2, 0.25) is 0 Å². The van der Waals surface area contributed by atoms with Gasteiger partial charge in [0.05, 0.1) is 13.2 Å². The van der Waals surface area contributed by atoms with E-state index in [-0.39, 0.29) is 0 Å². The zero-order valence-corrected chi connectivity index (χ0v) is 10.4. The van der Waals surface area contributed by atoms with E-state index >= 15 is 0 Å². The Morgan fingerprint density at radius 3 is 2.82 bits per heavy atom. The van der Waals surface area contributed by atoms with Crippen LogP contribution in [0.3, 0.4) is 0 Å². The van der Waals surface area contributed by atoms with E-state index in [9.17, 15) is 0 Å². The van der Waals surface area contributed by atoms with Gasteiger partial charge in [0.25, 0.3) is 0 Å². The van der Waals surface area contributed by atoms with E-state index in [0.717, 1.165) is 58.3 Å². The fourth-order valence-corrected chi connectivity index (χ4v) is 2.69. The lowest BCUT2D eigenvalue weighted by Gasteiger charge is -2.35. The Balaban J connectivity index is 1.51. The first-order valence-corrected chi connectivity index (χ1v) is 6.74. The van der Waals surface area contributed by atoms with Crippen LogP contribution in [0.1, 0.15) is 19.3 Å². The Morgan fingerprint density at radius 2 is 2.18 bits per heavy atom. The van der Waals surface area contributed by atoms with Crippen molar-refractivity contribution >= 4 is 5.96 Å². The Bertz CT molecular complexity index is 295. The van der Waals surface area contributed by atoms with Gasteiger partial charge in [0.1, 0.15) is 0 Å². The molecular formula is C12H22N4O. The molecule has 0 aromatic rings. The standard InChI is InChI=1S/C12H22N4O/c1-4-13-11(14-5-1)15-10-12(2-3-12)16-6-8-17-9-7-16/h1-10H2,(H2,13,14,15). The minimum absolute atomic E-state index is 0.394. The van der Waals surface area contributed by atoms with Crippen molar-refractivity contribution < 1.29 is 4.74 Å². The molecule has 2 fully saturated rings. The molecule has 1 saturated heterocycles. The molecule has 0 radical (unpaired) electrons. The van der Waals surface area contributed by atoms with Crippen molar-refractivity contribution in [3.8, 4) is 0 Å². The van der Waals surface area contributed by atoms with E-state index in [4.69, 9.17) is 4.74 Å². The number of morpholine rings is 1. The topological polar surface area (TPSA) is 48.9 Å². The maximum absolute atomic E-state index is 5.42. The number of hydrogen-bond donors (Lipinski definition) is 2. The molecule has 2 heterocycles. The van der Waals surface area contributed by atoms with Crippen molar-refractivity contribution in [1.29, 1.82) is 0 Å². The molecule has 2 N–H and O–H groups in total. The van der Waals surface area contributed by atoms with Gasteiger partial charge in [-0.1, -0.05) is 0 Å². The Morgan fingerprint density at radius 1 is 1.35 bits per heavy atom. The normalized spacial score (nSPS) is 28.1. The minimum atomic E-state index is 0.394. The second kappa shape index (κ2) is 4.82. The summed E-state index contributed by atoms with van der Waals surface area (Å²) in [4.78, 5) is 7.05. The monoisotopic (exact) mass is 238 g/mol. The molecule has 0 bridgehead atoms. The lowest BCUT2D eigenvalue weighted by molar-refractivity contribution is 0.0106. The summed E-state index contributed by atoms with van der Waals surface area (Å²) in [6, 6.07) is 0. The maximum Gasteiger partial charge on any atom is 0.191 e. The molecule has 3 rings (SSSR count). The van der Waals surface area contributed by atoms with Crippen molar-refractivity contribution in [2.45, 2.75) is 24.8 Å². The molecule has 5 nitrogen and oxygen atoms in total. The molecule has 96 valence electrons. The van der Waals surface area contributed by atoms with Gasteiger partial charge in [-0.25, -0.2) is 0 Å². The van der Waals surface area contributed by atoms with Gasteiger partial charge in [-0.2, -0.15) is 0 Å². The van der Waals surface area contributed by atoms with Crippen molar-refractivity contribution in [2.75, 3.05) is 45.9 Å². The summed E-state index contributed by atoms with van der Waals surface area (Å²) in [5, 5.41) is 6.80. The number of aliphatic imine (C=N–C) groups is 1. The van der Waals surface area contributed by atoms with Gasteiger partial charge in [0.15, 0.2) is 5.96 Å². The van der Waals surface area contributed by atoms with Crippen molar-refractivity contribution in [3.05, 3.63) is 0 Å². The SMILES string of the molecule is C1CN=C(NCC2(N3CCOCC3)CC2)NC1. The first-order chi connectivity index (χ1) is 8.39. The molecule has 0 amide bonds. The third kappa shape index (κ3) is 2.55. The highest BCUT2D eigenvalue weighted by Crippen LogP contribution is 2.41. The number of ether oxygens (including phenoxy) is 1. The van der Waals surface area contributed by atoms with E-state index in [2.05, 4.69) is 20.5 Å². The number of rotatable bonds is 3. The molecule has 0 spiro atoms. The molecule has 0 atom stereocenters. The van der Waals surface area contributed by atoms with Gasteiger partial charge in [-0.3, -0.25) is 9.89 Å². The van der Waals surface area contributed by atoms with Crippen LogP contribution < -0.4 is 10.6 Å². The van der Waals surface area contributed by atoms with Gasteiger partial charge in [0.2, 0.25) is 0 Å². The van der Waals surface area contributed by atoms with Crippen LogP contribution in [0.5, 0.6) is 0 Å². The average Bonchev–Trinajstić information content (AvgIpc) is 3.20. The maximum atomic E-state index is 5.42. The highest BCUT2D eigenvalue weighted by atomic mass is 16.5. The van der Waals surface area contributed by atoms with Crippen LogP contribution in [0.4, 0.5) is 0 Å². The summed E-state index contributed by atoms with van der Waals surface area (Å²) < 4.78 is 5.42. The van der Waals surface area contributed by atoms with E-state index in [0.29, 0.717) is 5.54 Å². The number of nitrogens with one attached hydrogen (secondary N) is 2. The minimum Gasteiger partial charge on any atom is -0.379 e. The molecule has 0 aromatic heterocycles. The van der Waals surface area contributed by atoms with Gasteiger partial charge < -0.3 is 15.4 Å². The molecule has 0 aromatic carbocycles. The second-order valence-electron chi connectivity index (χ2n) is 5.19. The molecule has 1 aliphatic carbocycles. The number of guanidine groups is 1. The van der Waals surface area contributed by atoms with Gasteiger partial charge in [0, 0.05) is 38.3 Å². The fourth-order valence-electron chi connectivity index (χ4n) is 2.69. The lowest BCUT2D eigenvalue weighted by Crippen LogP contribution is -2.52. The van der Waals surface area contributed by atoms with Gasteiger partial charge in [-0.05, 0) is 19.3 Å². The Kier molecular flexibility index (Phi) is 3.20. The molecule has 0 unspecified atom stereocenters. The van der Waals surface area contributed by atoms with E-state index in [1.165, 1.54) is 12.8 Å². The fraction of sp³-hybridized carbons (Fsp3) is 0.917. The highest BCUT2D eigenvalue weighted by molar-refractivity contribution is 5.80. The lowest BCUT2D eigenvalue weighted by atomic mass is 10.2. The number of nitrogens with zero attached hydrogens (tertiary/aromatic N) is 2. The van der Waals surface area contributed by atoms with Crippen LogP contribution in [0.15, 0.2) is 4.99 Å². The van der Waals surface area contributed by atoms with E-state index < -0.39 is 0 Å². The Hall–Kier alpha value is -0.810. The first kappa shape index (κ1) is 11.3. The summed E-state index contributed by atoms with van der Waals surface area (Å²) in [5.74, 6) is 0.996. The largest absolute Gasteiger partial charge is 0.379 e. The second-order valence-corrected chi connectivity index (χ2v) is 5.19. The average molecular weight is 238 g/mol. The summed E-state index contributed by atoms with van der Waals surface area (Å²) in [6.07, 6.45) is 3.78. The predicted molar refractivity (Wildman–Crippen MR) is 67.3 cm³/mol. The van der Waals surface area contributed by atoms with Gasteiger partial charge >= 0.3 is 0 Å². The predicted octanol–water partition coefficient (Wildman–Crippen LogP) is -0.210. The Labute approximate surface area is 103 Å². The van der Waals surface area contributed by atoms with E-state index in [1.807, 2.05) is 0 Å². The van der Waals surface area contributed by atoms with Crippen LogP contribution in [0, 0.1) is 0 Å². The molecule has 1 saturated carbocycles. The zero-order valence-electron chi connectivity index (χ0n) is 10.4. The van der Waals surface area contributed by atoms with E-state index in [1.54, 1.807) is 0 Å². The summed E-state index contributed by atoms with van der Waals surface area (Å²) in [5.41, 5.74) is 0.394. The van der Waals surface area contributed by atoms with Crippen molar-refractivity contribution in [3.63, 3.8) is 0 Å². The first-order valence-electron chi connectivity index (χ1n) is 6.74. The third-order valence-corrected chi connectivity index (χ3v) is 3.99. The quantitative estimate of drug-likeness (QED) is 0.714. The van der Waals surface area contributed by atoms with Crippen LogP contribution in [0.25, 0.3) is 0 Å².